The molecule has 4 rings (SSSR count). The van der Waals surface area contributed by atoms with Gasteiger partial charge in [0.25, 0.3) is 0 Å². The smallest absolute Gasteiger partial charge is 0.0705 e. The van der Waals surface area contributed by atoms with Gasteiger partial charge < -0.3 is 5.32 Å². The van der Waals surface area contributed by atoms with Crippen LogP contribution in [0.5, 0.6) is 0 Å². The molecule has 17 heavy (non-hydrogen) atoms. The summed E-state index contributed by atoms with van der Waals surface area (Å²) in [5.41, 5.74) is 4.17. The molecule has 2 heterocycles. The van der Waals surface area contributed by atoms with Crippen LogP contribution < -0.4 is 5.32 Å². The molecule has 0 bridgehead atoms. The molecule has 86 valence electrons. The summed E-state index contributed by atoms with van der Waals surface area (Å²) in [5.74, 6) is 0.873. The molecular weight excluding hydrogens is 208 g/mol. The van der Waals surface area contributed by atoms with Gasteiger partial charge in [0.15, 0.2) is 0 Å². The van der Waals surface area contributed by atoms with Crippen molar-refractivity contribution in [2.45, 2.75) is 18.8 Å². The third-order valence-electron chi connectivity index (χ3n) is 4.47. The second kappa shape index (κ2) is 3.08. The lowest BCUT2D eigenvalue weighted by molar-refractivity contribution is 0.676. The van der Waals surface area contributed by atoms with Gasteiger partial charge in [-0.25, -0.2) is 0 Å². The molecular formula is C15H16N2. The molecule has 2 heteroatoms. The predicted molar refractivity (Wildman–Crippen MR) is 69.1 cm³/mol. The Balaban J connectivity index is 1.85. The largest absolute Gasteiger partial charge is 0.316 e. The topological polar surface area (TPSA) is 24.9 Å². The van der Waals surface area contributed by atoms with Gasteiger partial charge in [0.05, 0.1) is 5.52 Å². The van der Waals surface area contributed by atoms with Crippen LogP contribution in [-0.2, 0) is 5.41 Å². The SMILES string of the molecule is Cc1ccc2cc([C@@]34CNC[C@H]3C4)ccc2n1. The predicted octanol–water partition coefficient (Wildman–Crippen LogP) is 2.40. The maximum absolute atomic E-state index is 4.56. The Labute approximate surface area is 101 Å². The average molecular weight is 224 g/mol. The zero-order valence-electron chi connectivity index (χ0n) is 10.0. The summed E-state index contributed by atoms with van der Waals surface area (Å²) in [5, 5.41) is 4.78. The molecule has 1 saturated carbocycles. The third-order valence-corrected chi connectivity index (χ3v) is 4.47. The van der Waals surface area contributed by atoms with E-state index >= 15 is 0 Å². The number of pyridine rings is 1. The first kappa shape index (κ1) is 9.60. The summed E-state index contributed by atoms with van der Waals surface area (Å²) in [6, 6.07) is 11.1. The number of hydrogen-bond donors (Lipinski definition) is 1. The summed E-state index contributed by atoms with van der Waals surface area (Å²) in [6.07, 6.45) is 1.37. The number of piperidine rings is 1. The van der Waals surface area contributed by atoms with Gasteiger partial charge in [-0.2, -0.15) is 0 Å². The third kappa shape index (κ3) is 1.27. The molecule has 2 atom stereocenters. The highest BCUT2D eigenvalue weighted by atomic mass is 15.0. The van der Waals surface area contributed by atoms with Crippen molar-refractivity contribution in [3.8, 4) is 0 Å². The van der Waals surface area contributed by atoms with Crippen LogP contribution in [0.3, 0.4) is 0 Å². The van der Waals surface area contributed by atoms with Crippen molar-refractivity contribution >= 4 is 10.9 Å². The van der Waals surface area contributed by atoms with Crippen LogP contribution >= 0.6 is 0 Å². The Morgan fingerprint density at radius 1 is 1.29 bits per heavy atom. The molecule has 2 fully saturated rings. The number of fused-ring (bicyclic) bond motifs is 2. The molecule has 1 N–H and O–H groups in total. The molecule has 2 aliphatic rings. The number of nitrogens with one attached hydrogen (secondary N) is 1. The Morgan fingerprint density at radius 3 is 3.00 bits per heavy atom. The number of benzene rings is 1. The highest BCUT2D eigenvalue weighted by molar-refractivity contribution is 5.80. The monoisotopic (exact) mass is 224 g/mol. The second-order valence-electron chi connectivity index (χ2n) is 5.55. The molecule has 1 aliphatic carbocycles. The minimum Gasteiger partial charge on any atom is -0.316 e. The highest BCUT2D eigenvalue weighted by Crippen LogP contribution is 2.56. The molecule has 0 spiro atoms. The molecule has 2 nitrogen and oxygen atoms in total. The lowest BCUT2D eigenvalue weighted by Gasteiger charge is -2.13. The molecule has 0 unspecified atom stereocenters. The molecule has 1 aromatic carbocycles. The Bertz CT molecular complexity index is 605. The van der Waals surface area contributed by atoms with Crippen LogP contribution in [0, 0.1) is 12.8 Å². The number of aryl methyl sites for hydroxylation is 1. The minimum atomic E-state index is 0.457. The van der Waals surface area contributed by atoms with Gasteiger partial charge in [-0.3, -0.25) is 4.98 Å². The standard InChI is InChI=1S/C15H16N2/c1-10-2-3-11-6-12(4-5-14(11)17-10)15-7-13(15)8-16-9-15/h2-6,13,16H,7-9H2,1H3/t13-,15-/m1/s1. The summed E-state index contributed by atoms with van der Waals surface area (Å²) in [4.78, 5) is 4.56. The fraction of sp³-hybridized carbons (Fsp3) is 0.400. The van der Waals surface area contributed by atoms with Crippen LogP contribution in [0.1, 0.15) is 17.7 Å². The van der Waals surface area contributed by atoms with E-state index in [0.29, 0.717) is 5.41 Å². The van der Waals surface area contributed by atoms with E-state index in [1.165, 1.54) is 23.9 Å². The van der Waals surface area contributed by atoms with Crippen molar-refractivity contribution in [1.82, 2.24) is 10.3 Å². The van der Waals surface area contributed by atoms with Crippen molar-refractivity contribution in [2.75, 3.05) is 13.1 Å². The van der Waals surface area contributed by atoms with Gasteiger partial charge >= 0.3 is 0 Å². The quantitative estimate of drug-likeness (QED) is 0.804. The van der Waals surface area contributed by atoms with E-state index < -0.39 is 0 Å². The highest BCUT2D eigenvalue weighted by Gasteiger charge is 2.57. The summed E-state index contributed by atoms with van der Waals surface area (Å²) in [6.45, 7) is 4.40. The molecule has 0 radical (unpaired) electrons. The van der Waals surface area contributed by atoms with E-state index in [1.54, 1.807) is 0 Å². The number of rotatable bonds is 1. The average Bonchev–Trinajstić information content (AvgIpc) is 2.91. The maximum Gasteiger partial charge on any atom is 0.0705 e. The second-order valence-corrected chi connectivity index (χ2v) is 5.55. The molecule has 1 saturated heterocycles. The lowest BCUT2D eigenvalue weighted by Crippen LogP contribution is -2.19. The number of aromatic nitrogens is 1. The van der Waals surface area contributed by atoms with Gasteiger partial charge in [0.1, 0.15) is 0 Å². The van der Waals surface area contributed by atoms with E-state index in [-0.39, 0.29) is 0 Å². The van der Waals surface area contributed by atoms with Crippen LogP contribution in [0.15, 0.2) is 30.3 Å². The summed E-state index contributed by atoms with van der Waals surface area (Å²) in [7, 11) is 0. The van der Waals surface area contributed by atoms with E-state index in [0.717, 1.165) is 23.7 Å². The molecule has 0 amide bonds. The van der Waals surface area contributed by atoms with Crippen LogP contribution in [0.4, 0.5) is 0 Å². The van der Waals surface area contributed by atoms with Gasteiger partial charge in [-0.05, 0) is 49.6 Å². The normalized spacial score (nSPS) is 30.5. The first-order valence-electron chi connectivity index (χ1n) is 6.37. The van der Waals surface area contributed by atoms with E-state index in [2.05, 4.69) is 40.6 Å². The van der Waals surface area contributed by atoms with Gasteiger partial charge in [0, 0.05) is 23.0 Å². The van der Waals surface area contributed by atoms with Gasteiger partial charge in [-0.15, -0.1) is 0 Å². The number of nitrogens with zero attached hydrogens (tertiary/aromatic N) is 1. The molecule has 2 aromatic rings. The summed E-state index contributed by atoms with van der Waals surface area (Å²) >= 11 is 0. The van der Waals surface area contributed by atoms with Crippen LogP contribution in [-0.4, -0.2) is 18.1 Å². The van der Waals surface area contributed by atoms with E-state index in [4.69, 9.17) is 0 Å². The van der Waals surface area contributed by atoms with Crippen molar-refractivity contribution < 1.29 is 0 Å². The van der Waals surface area contributed by atoms with E-state index in [1.807, 2.05) is 6.92 Å². The first-order valence-corrected chi connectivity index (χ1v) is 6.37. The molecule has 1 aromatic heterocycles. The zero-order valence-corrected chi connectivity index (χ0v) is 10.0. The van der Waals surface area contributed by atoms with Crippen LogP contribution in [0.2, 0.25) is 0 Å². The Morgan fingerprint density at radius 2 is 2.24 bits per heavy atom. The van der Waals surface area contributed by atoms with Gasteiger partial charge in [0.2, 0.25) is 0 Å². The van der Waals surface area contributed by atoms with Crippen molar-refractivity contribution in [3.63, 3.8) is 0 Å². The Hall–Kier alpha value is -1.41. The van der Waals surface area contributed by atoms with Gasteiger partial charge in [-0.1, -0.05) is 12.1 Å². The number of hydrogen-bond acceptors (Lipinski definition) is 2. The van der Waals surface area contributed by atoms with Crippen LogP contribution in [0.25, 0.3) is 10.9 Å². The fourth-order valence-corrected chi connectivity index (χ4v) is 3.33. The van der Waals surface area contributed by atoms with Crippen molar-refractivity contribution in [1.29, 1.82) is 0 Å². The Kier molecular flexibility index (Phi) is 1.74. The van der Waals surface area contributed by atoms with E-state index in [9.17, 15) is 0 Å². The maximum atomic E-state index is 4.56. The van der Waals surface area contributed by atoms with Crippen molar-refractivity contribution in [2.24, 2.45) is 5.92 Å². The molecule has 1 aliphatic heterocycles. The summed E-state index contributed by atoms with van der Waals surface area (Å²) < 4.78 is 0. The van der Waals surface area contributed by atoms with Crippen molar-refractivity contribution in [3.05, 3.63) is 41.6 Å². The lowest BCUT2D eigenvalue weighted by atomic mass is 9.94. The zero-order chi connectivity index (χ0) is 11.5. The fourth-order valence-electron chi connectivity index (χ4n) is 3.33. The first-order chi connectivity index (χ1) is 8.28. The minimum absolute atomic E-state index is 0.457.